The number of nitriles is 2. The minimum absolute atomic E-state index is 0.380. The second-order valence-electron chi connectivity index (χ2n) is 9.21. The van der Waals surface area contributed by atoms with E-state index in [-0.39, 0.29) is 0 Å². The topological polar surface area (TPSA) is 52.0 Å². The average molecular weight is 470 g/mol. The number of fused-ring (bicyclic) bond motifs is 8. The molecule has 0 saturated heterocycles. The van der Waals surface area contributed by atoms with E-state index in [1.54, 1.807) is 0 Å². The van der Waals surface area contributed by atoms with E-state index in [0.717, 1.165) is 60.3 Å². The van der Waals surface area contributed by atoms with Crippen LogP contribution < -0.4 is 0 Å². The Labute approximate surface area is 213 Å². The molecule has 0 atom stereocenters. The lowest BCUT2D eigenvalue weighted by atomic mass is 9.94. The molecule has 0 bridgehead atoms. The van der Waals surface area contributed by atoms with Gasteiger partial charge < -0.3 is 4.40 Å². The van der Waals surface area contributed by atoms with E-state index in [1.807, 2.05) is 36.4 Å². The van der Waals surface area contributed by atoms with Crippen molar-refractivity contribution in [2.45, 2.75) is 0 Å². The van der Waals surface area contributed by atoms with Crippen LogP contribution in [0.2, 0.25) is 0 Å². The molecule has 2 heterocycles. The molecule has 0 aliphatic carbocycles. The predicted molar refractivity (Wildman–Crippen MR) is 150 cm³/mol. The van der Waals surface area contributed by atoms with Crippen LogP contribution >= 0.6 is 0 Å². The van der Waals surface area contributed by atoms with Crippen LogP contribution in [0, 0.1) is 22.7 Å². The van der Waals surface area contributed by atoms with Gasteiger partial charge in [0.15, 0.2) is 0 Å². The number of hydrogen-bond acceptors (Lipinski definition) is 2. The van der Waals surface area contributed by atoms with Crippen LogP contribution in [-0.2, 0) is 0 Å². The summed E-state index contributed by atoms with van der Waals surface area (Å²) >= 11 is 0. The highest BCUT2D eigenvalue weighted by molar-refractivity contribution is 6.25. The van der Waals surface area contributed by atoms with Crippen LogP contribution in [0.15, 0.2) is 115 Å². The van der Waals surface area contributed by atoms with Crippen molar-refractivity contribution in [1.29, 1.82) is 10.5 Å². The summed E-state index contributed by atoms with van der Waals surface area (Å²) in [6.45, 7) is 0. The quantitative estimate of drug-likeness (QED) is 0.238. The number of aromatic nitrogens is 1. The molecule has 7 aromatic rings. The van der Waals surface area contributed by atoms with E-state index in [1.165, 1.54) is 0 Å². The van der Waals surface area contributed by atoms with Gasteiger partial charge in [-0.15, -0.1) is 0 Å². The van der Waals surface area contributed by atoms with Gasteiger partial charge >= 0.3 is 0 Å². The first kappa shape index (κ1) is 20.9. The standard InChI is InChI=1S/C34H19N3/c35-20-25-17-30-28-16-15-23-11-7-8-14-27(23)33(28)34-29(22-9-3-1-4-10-22)19-31(24-12-5-2-6-13-24)37(34)32(30)18-26(25)21-36/h1-19H. The van der Waals surface area contributed by atoms with E-state index in [9.17, 15) is 10.5 Å². The Kier molecular flexibility index (Phi) is 4.58. The molecule has 0 saturated carbocycles. The lowest BCUT2D eigenvalue weighted by molar-refractivity contribution is 1.28. The first-order valence-electron chi connectivity index (χ1n) is 12.2. The van der Waals surface area contributed by atoms with Gasteiger partial charge in [-0.2, -0.15) is 10.5 Å². The largest absolute Gasteiger partial charge is 0.308 e. The zero-order chi connectivity index (χ0) is 24.9. The zero-order valence-corrected chi connectivity index (χ0v) is 19.8. The van der Waals surface area contributed by atoms with E-state index >= 15 is 0 Å². The fourth-order valence-corrected chi connectivity index (χ4v) is 5.59. The van der Waals surface area contributed by atoms with Crippen LogP contribution in [0.5, 0.6) is 0 Å². The maximum Gasteiger partial charge on any atom is 0.101 e. The number of hydrogen-bond donors (Lipinski definition) is 0. The summed E-state index contributed by atoms with van der Waals surface area (Å²) in [6.07, 6.45) is 0. The van der Waals surface area contributed by atoms with E-state index in [0.29, 0.717) is 11.1 Å². The molecule has 0 spiro atoms. The van der Waals surface area contributed by atoms with Crippen molar-refractivity contribution in [3.63, 3.8) is 0 Å². The zero-order valence-electron chi connectivity index (χ0n) is 19.8. The Morgan fingerprint density at radius 2 is 1.19 bits per heavy atom. The Morgan fingerprint density at radius 3 is 1.92 bits per heavy atom. The molecule has 2 aromatic heterocycles. The molecule has 170 valence electrons. The normalized spacial score (nSPS) is 11.2. The van der Waals surface area contributed by atoms with E-state index in [4.69, 9.17) is 0 Å². The molecule has 37 heavy (non-hydrogen) atoms. The third kappa shape index (κ3) is 3.05. The summed E-state index contributed by atoms with van der Waals surface area (Å²) in [5, 5.41) is 25.2. The van der Waals surface area contributed by atoms with Gasteiger partial charge in [-0.1, -0.05) is 97.1 Å². The first-order valence-corrected chi connectivity index (χ1v) is 12.2. The Bertz CT molecular complexity index is 2090. The average Bonchev–Trinajstić information content (AvgIpc) is 3.38. The third-order valence-electron chi connectivity index (χ3n) is 7.23. The maximum atomic E-state index is 9.89. The maximum absolute atomic E-state index is 9.89. The summed E-state index contributed by atoms with van der Waals surface area (Å²) < 4.78 is 2.28. The van der Waals surface area contributed by atoms with Crippen molar-refractivity contribution in [1.82, 2.24) is 4.40 Å². The van der Waals surface area contributed by atoms with Crippen LogP contribution in [0.25, 0.3) is 60.3 Å². The van der Waals surface area contributed by atoms with Crippen molar-refractivity contribution < 1.29 is 0 Å². The molecular weight excluding hydrogens is 450 g/mol. The minimum atomic E-state index is 0.380. The van der Waals surface area contributed by atoms with Crippen molar-refractivity contribution in [3.05, 3.63) is 126 Å². The lowest BCUT2D eigenvalue weighted by Gasteiger charge is -2.16. The fraction of sp³-hybridized carbons (Fsp3) is 0. The molecule has 0 aliphatic rings. The first-order chi connectivity index (χ1) is 18.3. The highest BCUT2D eigenvalue weighted by Gasteiger charge is 2.21. The second kappa shape index (κ2) is 8.09. The molecule has 5 aromatic carbocycles. The molecule has 0 fully saturated rings. The molecule has 3 heteroatoms. The second-order valence-corrected chi connectivity index (χ2v) is 9.21. The van der Waals surface area contributed by atoms with Gasteiger partial charge in [-0.05, 0) is 45.5 Å². The number of benzene rings is 5. The van der Waals surface area contributed by atoms with E-state index < -0.39 is 0 Å². The van der Waals surface area contributed by atoms with Crippen LogP contribution in [0.1, 0.15) is 11.1 Å². The van der Waals surface area contributed by atoms with Gasteiger partial charge in [0.05, 0.1) is 27.9 Å². The summed E-state index contributed by atoms with van der Waals surface area (Å²) in [5.41, 5.74) is 7.17. The predicted octanol–water partition coefficient (Wildman–Crippen LogP) is 8.48. The highest BCUT2D eigenvalue weighted by atomic mass is 14.9. The number of rotatable bonds is 2. The molecule has 0 unspecified atom stereocenters. The van der Waals surface area contributed by atoms with Crippen molar-refractivity contribution in [2.75, 3.05) is 0 Å². The Morgan fingerprint density at radius 1 is 0.541 bits per heavy atom. The van der Waals surface area contributed by atoms with Gasteiger partial charge in [0, 0.05) is 16.3 Å². The smallest absolute Gasteiger partial charge is 0.101 e. The summed E-state index contributed by atoms with van der Waals surface area (Å²) in [5.74, 6) is 0. The van der Waals surface area contributed by atoms with Crippen LogP contribution in [0.3, 0.4) is 0 Å². The monoisotopic (exact) mass is 469 g/mol. The van der Waals surface area contributed by atoms with Gasteiger partial charge in [0.2, 0.25) is 0 Å². The Hall–Kier alpha value is -5.38. The molecule has 0 amide bonds. The van der Waals surface area contributed by atoms with Crippen molar-refractivity contribution >= 4 is 38.0 Å². The van der Waals surface area contributed by atoms with Gasteiger partial charge in [-0.3, -0.25) is 0 Å². The SMILES string of the molecule is N#Cc1cc2c3ccc4ccccc4c3c3c(-c4ccccc4)cc(-c4ccccc4)n3c2cc1C#N. The van der Waals surface area contributed by atoms with E-state index in [2.05, 4.69) is 95.4 Å². The van der Waals surface area contributed by atoms with Crippen LogP contribution in [0.4, 0.5) is 0 Å². The summed E-state index contributed by atoms with van der Waals surface area (Å²) in [4.78, 5) is 0. The van der Waals surface area contributed by atoms with Crippen LogP contribution in [-0.4, -0.2) is 4.40 Å². The molecule has 7 rings (SSSR count). The molecular formula is C34H19N3. The molecule has 0 aliphatic heterocycles. The molecule has 3 nitrogen and oxygen atoms in total. The molecule has 0 radical (unpaired) electrons. The number of pyridine rings is 1. The van der Waals surface area contributed by atoms with Crippen molar-refractivity contribution in [3.8, 4) is 34.5 Å². The highest BCUT2D eigenvalue weighted by Crippen LogP contribution is 2.43. The Balaban J connectivity index is 1.84. The van der Waals surface area contributed by atoms with Gasteiger partial charge in [-0.25, -0.2) is 0 Å². The molecule has 0 N–H and O–H groups in total. The van der Waals surface area contributed by atoms with Gasteiger partial charge in [0.1, 0.15) is 12.1 Å². The van der Waals surface area contributed by atoms with Crippen molar-refractivity contribution in [2.24, 2.45) is 0 Å². The fourth-order valence-electron chi connectivity index (χ4n) is 5.59. The number of nitrogens with zero attached hydrogens (tertiary/aromatic N) is 3. The minimum Gasteiger partial charge on any atom is -0.308 e. The summed E-state index contributed by atoms with van der Waals surface area (Å²) in [6, 6.07) is 44.0. The lowest BCUT2D eigenvalue weighted by Crippen LogP contribution is -1.97. The van der Waals surface area contributed by atoms with Gasteiger partial charge in [0.25, 0.3) is 0 Å². The third-order valence-corrected chi connectivity index (χ3v) is 7.23. The summed E-state index contributed by atoms with van der Waals surface area (Å²) in [7, 11) is 0.